The van der Waals surface area contributed by atoms with Crippen LogP contribution in [-0.4, -0.2) is 62.4 Å². The molecule has 21 heavy (non-hydrogen) atoms. The topological polar surface area (TPSA) is 65.5 Å². The molecule has 1 fully saturated rings. The van der Waals surface area contributed by atoms with Crippen molar-refractivity contribution >= 4 is 15.8 Å². The normalized spacial score (nSPS) is 18.1. The van der Waals surface area contributed by atoms with Crippen LogP contribution in [0, 0.1) is 0 Å². The van der Waals surface area contributed by atoms with Gasteiger partial charge in [0.2, 0.25) is 10.0 Å². The van der Waals surface area contributed by atoms with E-state index in [9.17, 15) is 8.42 Å². The van der Waals surface area contributed by atoms with Gasteiger partial charge in [-0.2, -0.15) is 4.31 Å². The van der Waals surface area contributed by atoms with Gasteiger partial charge in [0.1, 0.15) is 10.7 Å². The SMILES string of the molecule is CCN1CCC(N(C)S(=O)(=O)c2ccc(NC)nc2)CC1. The van der Waals surface area contributed by atoms with E-state index in [0.717, 1.165) is 32.5 Å². The van der Waals surface area contributed by atoms with Crippen LogP contribution in [0.3, 0.4) is 0 Å². The quantitative estimate of drug-likeness (QED) is 0.886. The van der Waals surface area contributed by atoms with Crippen molar-refractivity contribution in [3.8, 4) is 0 Å². The van der Waals surface area contributed by atoms with E-state index in [1.165, 1.54) is 10.5 Å². The number of nitrogens with one attached hydrogen (secondary N) is 1. The fourth-order valence-corrected chi connectivity index (χ4v) is 4.00. The Morgan fingerprint density at radius 2 is 2.05 bits per heavy atom. The van der Waals surface area contributed by atoms with Crippen LogP contribution in [0.2, 0.25) is 0 Å². The number of likely N-dealkylation sites (tertiary alicyclic amines) is 1. The van der Waals surface area contributed by atoms with Gasteiger partial charge in [0.15, 0.2) is 0 Å². The molecule has 2 rings (SSSR count). The van der Waals surface area contributed by atoms with Crippen molar-refractivity contribution in [2.75, 3.05) is 39.0 Å². The highest BCUT2D eigenvalue weighted by Gasteiger charge is 2.30. The molecule has 118 valence electrons. The molecule has 0 aliphatic carbocycles. The molecule has 1 N–H and O–H groups in total. The molecule has 0 bridgehead atoms. The number of hydrogen-bond acceptors (Lipinski definition) is 5. The minimum atomic E-state index is -3.46. The molecule has 0 atom stereocenters. The number of pyridine rings is 1. The second-order valence-corrected chi connectivity index (χ2v) is 7.31. The molecule has 1 aromatic rings. The summed E-state index contributed by atoms with van der Waals surface area (Å²) in [6.45, 7) is 5.07. The minimum absolute atomic E-state index is 0.0711. The fourth-order valence-electron chi connectivity index (χ4n) is 2.64. The summed E-state index contributed by atoms with van der Waals surface area (Å²) in [5.41, 5.74) is 0. The van der Waals surface area contributed by atoms with E-state index in [1.54, 1.807) is 26.2 Å². The van der Waals surface area contributed by atoms with Crippen LogP contribution in [0.15, 0.2) is 23.2 Å². The lowest BCUT2D eigenvalue weighted by molar-refractivity contribution is 0.176. The first-order valence-corrected chi connectivity index (χ1v) is 8.77. The van der Waals surface area contributed by atoms with E-state index in [1.807, 2.05) is 0 Å². The second-order valence-electron chi connectivity index (χ2n) is 5.32. The number of nitrogens with zero attached hydrogens (tertiary/aromatic N) is 3. The molecular formula is C14H24N4O2S. The number of hydrogen-bond donors (Lipinski definition) is 1. The van der Waals surface area contributed by atoms with E-state index < -0.39 is 10.0 Å². The summed E-state index contributed by atoms with van der Waals surface area (Å²) in [6, 6.07) is 3.36. The first-order chi connectivity index (χ1) is 9.98. The van der Waals surface area contributed by atoms with Crippen molar-refractivity contribution in [1.29, 1.82) is 0 Å². The van der Waals surface area contributed by atoms with Crippen molar-refractivity contribution in [2.24, 2.45) is 0 Å². The fraction of sp³-hybridized carbons (Fsp3) is 0.643. The molecule has 1 saturated heterocycles. The van der Waals surface area contributed by atoms with Gasteiger partial charge in [-0.15, -0.1) is 0 Å². The van der Waals surface area contributed by atoms with Gasteiger partial charge in [-0.05, 0) is 44.6 Å². The van der Waals surface area contributed by atoms with E-state index in [4.69, 9.17) is 0 Å². The molecule has 0 unspecified atom stereocenters. The van der Waals surface area contributed by atoms with Crippen LogP contribution in [0.5, 0.6) is 0 Å². The number of rotatable bonds is 5. The number of piperidine rings is 1. The highest BCUT2D eigenvalue weighted by Crippen LogP contribution is 2.22. The molecular weight excluding hydrogens is 288 g/mol. The predicted molar refractivity (Wildman–Crippen MR) is 83.9 cm³/mol. The summed E-state index contributed by atoms with van der Waals surface area (Å²) in [7, 11) is -0.0350. The molecule has 1 aromatic heterocycles. The van der Waals surface area contributed by atoms with Gasteiger partial charge >= 0.3 is 0 Å². The molecule has 2 heterocycles. The third-order valence-corrected chi connectivity index (χ3v) is 6.08. The standard InChI is InChI=1S/C14H24N4O2S/c1-4-18-9-7-12(8-10-18)17(3)21(19,20)13-5-6-14(15-2)16-11-13/h5-6,11-12H,4,7-10H2,1-3H3,(H,15,16). The average molecular weight is 312 g/mol. The van der Waals surface area contributed by atoms with Gasteiger partial charge in [-0.3, -0.25) is 0 Å². The maximum Gasteiger partial charge on any atom is 0.244 e. The third-order valence-electron chi connectivity index (χ3n) is 4.19. The molecule has 1 aliphatic heterocycles. The van der Waals surface area contributed by atoms with Gasteiger partial charge in [0.05, 0.1) is 0 Å². The zero-order chi connectivity index (χ0) is 15.5. The lowest BCUT2D eigenvalue weighted by Crippen LogP contribution is -2.45. The molecule has 6 nitrogen and oxygen atoms in total. The average Bonchev–Trinajstić information content (AvgIpc) is 2.54. The lowest BCUT2D eigenvalue weighted by atomic mass is 10.1. The summed E-state index contributed by atoms with van der Waals surface area (Å²) in [5.74, 6) is 0.660. The van der Waals surface area contributed by atoms with Gasteiger partial charge in [0.25, 0.3) is 0 Å². The summed E-state index contributed by atoms with van der Waals surface area (Å²) >= 11 is 0. The van der Waals surface area contributed by atoms with E-state index >= 15 is 0 Å². The number of aromatic nitrogens is 1. The maximum atomic E-state index is 12.6. The third kappa shape index (κ3) is 3.53. The van der Waals surface area contributed by atoms with Gasteiger partial charge in [-0.1, -0.05) is 6.92 Å². The van der Waals surface area contributed by atoms with Crippen LogP contribution in [-0.2, 0) is 10.0 Å². The summed E-state index contributed by atoms with van der Waals surface area (Å²) < 4.78 is 26.8. The van der Waals surface area contributed by atoms with Crippen LogP contribution in [0.4, 0.5) is 5.82 Å². The lowest BCUT2D eigenvalue weighted by Gasteiger charge is -2.35. The smallest absolute Gasteiger partial charge is 0.244 e. The Morgan fingerprint density at radius 3 is 2.52 bits per heavy atom. The Bertz CT molecular complexity index is 551. The van der Waals surface area contributed by atoms with E-state index in [0.29, 0.717) is 5.82 Å². The second kappa shape index (κ2) is 6.72. The minimum Gasteiger partial charge on any atom is -0.373 e. The monoisotopic (exact) mass is 312 g/mol. The zero-order valence-corrected chi connectivity index (χ0v) is 13.7. The summed E-state index contributed by atoms with van der Waals surface area (Å²) in [4.78, 5) is 6.69. The molecule has 0 spiro atoms. The van der Waals surface area contributed by atoms with Crippen molar-refractivity contribution in [3.05, 3.63) is 18.3 Å². The molecule has 0 aromatic carbocycles. The molecule has 0 saturated carbocycles. The van der Waals surface area contributed by atoms with Crippen LogP contribution in [0.25, 0.3) is 0 Å². The van der Waals surface area contributed by atoms with Crippen LogP contribution < -0.4 is 5.32 Å². The van der Waals surface area contributed by atoms with Crippen molar-refractivity contribution in [1.82, 2.24) is 14.2 Å². The predicted octanol–water partition coefficient (Wildman–Crippen LogP) is 1.23. The van der Waals surface area contributed by atoms with Gasteiger partial charge in [0, 0.05) is 26.3 Å². The highest BCUT2D eigenvalue weighted by atomic mass is 32.2. The first kappa shape index (κ1) is 16.2. The van der Waals surface area contributed by atoms with Crippen molar-refractivity contribution in [2.45, 2.75) is 30.7 Å². The Morgan fingerprint density at radius 1 is 1.38 bits per heavy atom. The molecule has 0 amide bonds. The summed E-state index contributed by atoms with van der Waals surface area (Å²) in [5, 5.41) is 2.88. The Balaban J connectivity index is 2.11. The first-order valence-electron chi connectivity index (χ1n) is 7.33. The van der Waals surface area contributed by atoms with E-state index in [2.05, 4.69) is 22.1 Å². The Hall–Kier alpha value is -1.18. The van der Waals surface area contributed by atoms with Gasteiger partial charge in [-0.25, -0.2) is 13.4 Å². The Labute approximate surface area is 127 Å². The van der Waals surface area contributed by atoms with Crippen LogP contribution in [0.1, 0.15) is 19.8 Å². The van der Waals surface area contributed by atoms with E-state index in [-0.39, 0.29) is 10.9 Å². The molecule has 7 heteroatoms. The molecule has 1 aliphatic rings. The number of sulfonamides is 1. The zero-order valence-electron chi connectivity index (χ0n) is 12.9. The Kier molecular flexibility index (Phi) is 5.18. The van der Waals surface area contributed by atoms with Crippen LogP contribution >= 0.6 is 0 Å². The number of anilines is 1. The molecule has 0 radical (unpaired) electrons. The maximum absolute atomic E-state index is 12.6. The van der Waals surface area contributed by atoms with Gasteiger partial charge < -0.3 is 10.2 Å². The highest BCUT2D eigenvalue weighted by molar-refractivity contribution is 7.89. The van der Waals surface area contributed by atoms with Crippen molar-refractivity contribution in [3.63, 3.8) is 0 Å². The largest absolute Gasteiger partial charge is 0.373 e. The van der Waals surface area contributed by atoms with Crippen molar-refractivity contribution < 1.29 is 8.42 Å². The summed E-state index contributed by atoms with van der Waals surface area (Å²) in [6.07, 6.45) is 3.18.